The Labute approximate surface area is 189 Å². The van der Waals surface area contributed by atoms with Gasteiger partial charge in [0.1, 0.15) is 0 Å². The number of nitrogens with zero attached hydrogens (tertiary/aromatic N) is 1. The van der Waals surface area contributed by atoms with Gasteiger partial charge in [0, 0.05) is 18.3 Å². The minimum absolute atomic E-state index is 0.785. The molecule has 2 rings (SSSR count). The van der Waals surface area contributed by atoms with Crippen LogP contribution in [-0.2, 0) is 0 Å². The predicted octanol–water partition coefficient (Wildman–Crippen LogP) is 9.70. The van der Waals surface area contributed by atoms with Crippen molar-refractivity contribution in [3.8, 4) is 0 Å². The summed E-state index contributed by atoms with van der Waals surface area (Å²) in [6, 6.07) is 11.9. The molecule has 0 amide bonds. The van der Waals surface area contributed by atoms with Crippen LogP contribution in [0.15, 0.2) is 30.3 Å². The summed E-state index contributed by atoms with van der Waals surface area (Å²) in [4.78, 5) is 2.69. The second kappa shape index (κ2) is 17.7. The first kappa shape index (κ1) is 25.3. The van der Waals surface area contributed by atoms with Gasteiger partial charge >= 0.3 is 0 Å². The summed E-state index contributed by atoms with van der Waals surface area (Å²) < 4.78 is 0. The summed E-state index contributed by atoms with van der Waals surface area (Å²) in [5, 5.41) is 0. The summed E-state index contributed by atoms with van der Waals surface area (Å²) in [5.41, 5.74) is 1.44. The highest BCUT2D eigenvalue weighted by molar-refractivity contribution is 5.47. The Morgan fingerprint density at radius 2 is 1.13 bits per heavy atom. The molecule has 30 heavy (non-hydrogen) atoms. The number of hydrogen-bond acceptors (Lipinski definition) is 1. The minimum atomic E-state index is 0.785. The van der Waals surface area contributed by atoms with Crippen LogP contribution in [0.25, 0.3) is 0 Å². The van der Waals surface area contributed by atoms with E-state index in [1.165, 1.54) is 141 Å². The Bertz CT molecular complexity index is 482. The summed E-state index contributed by atoms with van der Waals surface area (Å²) in [6.45, 7) is 3.56. The normalized spacial score (nSPS) is 16.8. The van der Waals surface area contributed by atoms with E-state index in [2.05, 4.69) is 42.2 Å². The van der Waals surface area contributed by atoms with Crippen LogP contribution in [0, 0.1) is 0 Å². The lowest BCUT2D eigenvalue weighted by molar-refractivity contribution is 0.419. The van der Waals surface area contributed by atoms with Crippen molar-refractivity contribution in [1.82, 2.24) is 0 Å². The third-order valence-corrected chi connectivity index (χ3v) is 7.11. The smallest absolute Gasteiger partial charge is 0.0368 e. The van der Waals surface area contributed by atoms with Crippen molar-refractivity contribution in [2.45, 2.75) is 141 Å². The van der Waals surface area contributed by atoms with Gasteiger partial charge in [-0.1, -0.05) is 128 Å². The van der Waals surface area contributed by atoms with Gasteiger partial charge in [0.2, 0.25) is 0 Å². The van der Waals surface area contributed by atoms with E-state index in [-0.39, 0.29) is 0 Å². The van der Waals surface area contributed by atoms with E-state index < -0.39 is 0 Å². The van der Waals surface area contributed by atoms with Gasteiger partial charge in [-0.05, 0) is 37.8 Å². The second-order valence-electron chi connectivity index (χ2n) is 9.77. The minimum Gasteiger partial charge on any atom is -0.369 e. The van der Waals surface area contributed by atoms with Crippen LogP contribution >= 0.6 is 0 Å². The molecular weight excluding hydrogens is 362 g/mol. The van der Waals surface area contributed by atoms with E-state index in [1.807, 2.05) is 0 Å². The molecule has 1 unspecified atom stereocenters. The fourth-order valence-corrected chi connectivity index (χ4v) is 5.19. The highest BCUT2D eigenvalue weighted by Crippen LogP contribution is 2.27. The van der Waals surface area contributed by atoms with Gasteiger partial charge in [0.05, 0.1) is 0 Å². The molecule has 172 valence electrons. The van der Waals surface area contributed by atoms with Gasteiger partial charge < -0.3 is 4.90 Å². The van der Waals surface area contributed by atoms with E-state index in [9.17, 15) is 0 Å². The van der Waals surface area contributed by atoms with Gasteiger partial charge in [-0.25, -0.2) is 0 Å². The third-order valence-electron chi connectivity index (χ3n) is 7.11. The molecular formula is C29H51N. The van der Waals surface area contributed by atoms with E-state index in [4.69, 9.17) is 0 Å². The SMILES string of the molecule is CCCCCCCCCCCCCCCCCCC1CCCCN1c1ccccc1. The fraction of sp³-hybridized carbons (Fsp3) is 0.793. The highest BCUT2D eigenvalue weighted by atomic mass is 15.2. The Morgan fingerprint density at radius 3 is 1.67 bits per heavy atom. The molecule has 0 radical (unpaired) electrons. The molecule has 1 heteroatoms. The third kappa shape index (κ3) is 11.4. The molecule has 0 aromatic heterocycles. The van der Waals surface area contributed by atoms with Crippen LogP contribution in [0.3, 0.4) is 0 Å². The van der Waals surface area contributed by atoms with Crippen molar-refractivity contribution in [3.63, 3.8) is 0 Å². The topological polar surface area (TPSA) is 3.24 Å². The summed E-state index contributed by atoms with van der Waals surface area (Å²) >= 11 is 0. The van der Waals surface area contributed by atoms with Crippen molar-refractivity contribution in [3.05, 3.63) is 30.3 Å². The van der Waals surface area contributed by atoms with Crippen molar-refractivity contribution >= 4 is 5.69 Å². The lowest BCUT2D eigenvalue weighted by Gasteiger charge is -2.38. The number of hydrogen-bond donors (Lipinski definition) is 0. The number of piperidine rings is 1. The van der Waals surface area contributed by atoms with Crippen molar-refractivity contribution in [2.24, 2.45) is 0 Å². The van der Waals surface area contributed by atoms with Crippen molar-refractivity contribution < 1.29 is 0 Å². The first-order valence-electron chi connectivity index (χ1n) is 13.7. The molecule has 1 aliphatic rings. The fourth-order valence-electron chi connectivity index (χ4n) is 5.19. The van der Waals surface area contributed by atoms with Crippen LogP contribution in [0.4, 0.5) is 5.69 Å². The average Bonchev–Trinajstić information content (AvgIpc) is 2.79. The standard InChI is InChI=1S/C29H51N/c1-2-3-4-5-6-7-8-9-10-11-12-13-14-15-16-18-23-29-26-21-22-27-30(29)28-24-19-17-20-25-28/h17,19-20,24-25,29H,2-16,18,21-23,26-27H2,1H3. The maximum atomic E-state index is 2.69. The van der Waals surface area contributed by atoms with E-state index in [0.29, 0.717) is 0 Å². The maximum Gasteiger partial charge on any atom is 0.0368 e. The number of anilines is 1. The van der Waals surface area contributed by atoms with E-state index >= 15 is 0 Å². The molecule has 1 atom stereocenters. The first-order chi connectivity index (χ1) is 14.9. The second-order valence-corrected chi connectivity index (χ2v) is 9.77. The van der Waals surface area contributed by atoms with E-state index in [0.717, 1.165) is 6.04 Å². The summed E-state index contributed by atoms with van der Waals surface area (Å²) in [7, 11) is 0. The molecule has 0 aliphatic carbocycles. The summed E-state index contributed by atoms with van der Waals surface area (Å²) in [5.74, 6) is 0. The quantitative estimate of drug-likeness (QED) is 0.216. The Kier molecular flexibility index (Phi) is 14.9. The summed E-state index contributed by atoms with van der Waals surface area (Å²) in [6.07, 6.45) is 28.9. The molecule has 1 heterocycles. The van der Waals surface area contributed by atoms with Crippen LogP contribution in [-0.4, -0.2) is 12.6 Å². The van der Waals surface area contributed by atoms with Crippen LogP contribution in [0.1, 0.15) is 135 Å². The lowest BCUT2D eigenvalue weighted by atomic mass is 9.95. The Balaban J connectivity index is 1.38. The van der Waals surface area contributed by atoms with Crippen molar-refractivity contribution in [2.75, 3.05) is 11.4 Å². The molecule has 0 N–H and O–H groups in total. The van der Waals surface area contributed by atoms with Crippen molar-refractivity contribution in [1.29, 1.82) is 0 Å². The molecule has 0 bridgehead atoms. The molecule has 0 spiro atoms. The zero-order chi connectivity index (χ0) is 21.1. The molecule has 1 aromatic carbocycles. The lowest BCUT2D eigenvalue weighted by Crippen LogP contribution is -2.39. The van der Waals surface area contributed by atoms with Gasteiger partial charge in [0.15, 0.2) is 0 Å². The number of rotatable bonds is 18. The van der Waals surface area contributed by atoms with Gasteiger partial charge in [-0.3, -0.25) is 0 Å². The Morgan fingerprint density at radius 1 is 0.633 bits per heavy atom. The number of para-hydroxylation sites is 1. The average molecular weight is 414 g/mol. The molecule has 1 saturated heterocycles. The Hall–Kier alpha value is -0.980. The zero-order valence-corrected chi connectivity index (χ0v) is 20.3. The predicted molar refractivity (Wildman–Crippen MR) is 136 cm³/mol. The monoisotopic (exact) mass is 413 g/mol. The maximum absolute atomic E-state index is 2.69. The molecule has 1 nitrogen and oxygen atoms in total. The van der Waals surface area contributed by atoms with Gasteiger partial charge in [-0.15, -0.1) is 0 Å². The van der Waals surface area contributed by atoms with E-state index in [1.54, 1.807) is 0 Å². The molecule has 1 aliphatic heterocycles. The highest BCUT2D eigenvalue weighted by Gasteiger charge is 2.21. The van der Waals surface area contributed by atoms with Crippen LogP contribution in [0.5, 0.6) is 0 Å². The largest absolute Gasteiger partial charge is 0.369 e. The molecule has 1 fully saturated rings. The first-order valence-corrected chi connectivity index (χ1v) is 13.7. The van der Waals surface area contributed by atoms with Gasteiger partial charge in [0.25, 0.3) is 0 Å². The van der Waals surface area contributed by atoms with Crippen LogP contribution in [0.2, 0.25) is 0 Å². The molecule has 0 saturated carbocycles. The number of unbranched alkanes of at least 4 members (excludes halogenated alkanes) is 15. The number of benzene rings is 1. The molecule has 1 aromatic rings. The zero-order valence-electron chi connectivity index (χ0n) is 20.3. The van der Waals surface area contributed by atoms with Gasteiger partial charge in [-0.2, -0.15) is 0 Å². The van der Waals surface area contributed by atoms with Crippen LogP contribution < -0.4 is 4.90 Å².